The Bertz CT molecular complexity index is 974. The Morgan fingerprint density at radius 2 is 1.60 bits per heavy atom. The first-order valence-corrected chi connectivity index (χ1v) is 10.5. The fraction of sp³-hybridized carbons (Fsp3) is 0.333. The number of aryl methyl sites for hydroxylation is 1. The van der Waals surface area contributed by atoms with Gasteiger partial charge in [0.25, 0.3) is 0 Å². The Labute approximate surface area is 179 Å². The Kier molecular flexibility index (Phi) is 6.94. The van der Waals surface area contributed by atoms with Crippen molar-refractivity contribution in [2.75, 3.05) is 7.11 Å². The van der Waals surface area contributed by atoms with E-state index in [1.54, 1.807) is 19.2 Å². The Balaban J connectivity index is 2.10. The van der Waals surface area contributed by atoms with Crippen molar-refractivity contribution in [1.82, 2.24) is 0 Å². The van der Waals surface area contributed by atoms with Crippen LogP contribution >= 0.6 is 0 Å². The van der Waals surface area contributed by atoms with Crippen LogP contribution < -0.4 is 4.74 Å². The first kappa shape index (κ1) is 22.0. The van der Waals surface area contributed by atoms with Gasteiger partial charge in [0.05, 0.1) is 19.8 Å². The van der Waals surface area contributed by atoms with Crippen molar-refractivity contribution >= 4 is 0 Å². The number of benzene rings is 3. The van der Waals surface area contributed by atoms with Gasteiger partial charge >= 0.3 is 0 Å². The molecule has 0 spiro atoms. The molecule has 158 valence electrons. The zero-order valence-corrected chi connectivity index (χ0v) is 18.5. The van der Waals surface area contributed by atoms with E-state index in [2.05, 4.69) is 52.0 Å². The molecule has 0 radical (unpaired) electrons. The summed E-state index contributed by atoms with van der Waals surface area (Å²) in [7, 11) is 1.60. The van der Waals surface area contributed by atoms with Crippen molar-refractivity contribution < 1.29 is 13.9 Å². The molecule has 3 aromatic carbocycles. The van der Waals surface area contributed by atoms with Crippen molar-refractivity contribution in [1.29, 1.82) is 0 Å². The lowest BCUT2D eigenvalue weighted by Crippen LogP contribution is -2.22. The van der Waals surface area contributed by atoms with E-state index in [1.807, 2.05) is 24.3 Å². The number of ether oxygens (including phenoxy) is 2. The second kappa shape index (κ2) is 9.44. The predicted octanol–water partition coefficient (Wildman–Crippen LogP) is 7.37. The highest BCUT2D eigenvalue weighted by atomic mass is 19.1. The molecule has 0 amide bonds. The summed E-state index contributed by atoms with van der Waals surface area (Å²) in [6.07, 6.45) is 0.702. The van der Waals surface area contributed by atoms with E-state index in [9.17, 15) is 4.39 Å². The zero-order chi connectivity index (χ0) is 21.7. The lowest BCUT2D eigenvalue weighted by molar-refractivity contribution is -0.0301. The van der Waals surface area contributed by atoms with E-state index in [0.717, 1.165) is 23.1 Å². The number of methoxy groups -OCH3 is 1. The molecule has 0 saturated carbocycles. The summed E-state index contributed by atoms with van der Waals surface area (Å²) >= 11 is 0. The molecule has 0 aliphatic carbocycles. The molecule has 3 aromatic rings. The van der Waals surface area contributed by atoms with Gasteiger partial charge in [0.1, 0.15) is 11.6 Å². The molecular weight excluding hydrogens is 375 g/mol. The van der Waals surface area contributed by atoms with Gasteiger partial charge in [0.15, 0.2) is 0 Å². The fourth-order valence-corrected chi connectivity index (χ4v) is 3.69. The minimum absolute atomic E-state index is 0.175. The van der Waals surface area contributed by atoms with Gasteiger partial charge in [0, 0.05) is 5.56 Å². The van der Waals surface area contributed by atoms with Crippen LogP contribution in [0.15, 0.2) is 66.7 Å². The molecule has 0 heterocycles. The molecule has 0 bridgehead atoms. The maximum absolute atomic E-state index is 14.9. The van der Waals surface area contributed by atoms with Gasteiger partial charge < -0.3 is 9.47 Å². The third-order valence-electron chi connectivity index (χ3n) is 5.32. The molecule has 0 saturated heterocycles. The second-order valence-electron chi connectivity index (χ2n) is 8.66. The number of rotatable bonds is 7. The number of hydrogen-bond donors (Lipinski definition) is 0. The van der Waals surface area contributed by atoms with Crippen molar-refractivity contribution in [2.45, 2.75) is 46.8 Å². The molecule has 0 aromatic heterocycles. The average molecular weight is 407 g/mol. The summed E-state index contributed by atoms with van der Waals surface area (Å²) in [5.74, 6) is 0.367. The van der Waals surface area contributed by atoms with E-state index in [0.29, 0.717) is 17.9 Å². The standard InChI is InChI=1S/C27H31FO2/c1-6-19-12-14-22(23-17-21(29-5)13-15-25(23)28)24(16-19)26(27(2,3)4)30-18-20-10-8-7-9-11-20/h7-17,26H,6,18H2,1-5H3. The van der Waals surface area contributed by atoms with Crippen molar-refractivity contribution in [3.05, 3.63) is 89.2 Å². The first-order valence-electron chi connectivity index (χ1n) is 10.5. The molecule has 0 aliphatic rings. The Morgan fingerprint density at radius 3 is 2.23 bits per heavy atom. The summed E-state index contributed by atoms with van der Waals surface area (Å²) in [5, 5.41) is 0. The zero-order valence-electron chi connectivity index (χ0n) is 18.5. The maximum Gasteiger partial charge on any atom is 0.131 e. The summed E-state index contributed by atoms with van der Waals surface area (Å²) in [4.78, 5) is 0. The van der Waals surface area contributed by atoms with Gasteiger partial charge in [-0.25, -0.2) is 4.39 Å². The molecule has 30 heavy (non-hydrogen) atoms. The molecule has 3 rings (SSSR count). The quantitative estimate of drug-likeness (QED) is 0.408. The summed E-state index contributed by atoms with van der Waals surface area (Å²) in [5.41, 5.74) is 4.53. The highest BCUT2D eigenvalue weighted by molar-refractivity contribution is 5.70. The van der Waals surface area contributed by atoms with E-state index in [-0.39, 0.29) is 17.3 Å². The minimum Gasteiger partial charge on any atom is -0.497 e. The molecule has 0 aliphatic heterocycles. The average Bonchev–Trinajstić information content (AvgIpc) is 2.74. The van der Waals surface area contributed by atoms with Crippen LogP contribution in [0.2, 0.25) is 0 Å². The van der Waals surface area contributed by atoms with Gasteiger partial charge in [0.2, 0.25) is 0 Å². The highest BCUT2D eigenvalue weighted by Crippen LogP contribution is 2.43. The first-order chi connectivity index (χ1) is 14.3. The third kappa shape index (κ3) is 5.09. The SMILES string of the molecule is CCc1ccc(-c2cc(OC)ccc2F)c(C(OCc2ccccc2)C(C)(C)C)c1. The van der Waals surface area contributed by atoms with Crippen LogP contribution in [0.4, 0.5) is 4.39 Å². The van der Waals surface area contributed by atoms with Gasteiger partial charge in [-0.1, -0.05) is 76.2 Å². The van der Waals surface area contributed by atoms with Crippen LogP contribution in [0.3, 0.4) is 0 Å². The van der Waals surface area contributed by atoms with Crippen LogP contribution in [0, 0.1) is 11.2 Å². The van der Waals surface area contributed by atoms with E-state index in [4.69, 9.17) is 9.47 Å². The van der Waals surface area contributed by atoms with E-state index in [1.165, 1.54) is 11.6 Å². The number of hydrogen-bond acceptors (Lipinski definition) is 2. The Hall–Kier alpha value is -2.65. The van der Waals surface area contributed by atoms with Gasteiger partial charge in [-0.3, -0.25) is 0 Å². The van der Waals surface area contributed by atoms with E-state index < -0.39 is 0 Å². The summed E-state index contributed by atoms with van der Waals surface area (Å²) in [6.45, 7) is 9.11. The van der Waals surface area contributed by atoms with Crippen LogP contribution in [0.5, 0.6) is 5.75 Å². The normalized spacial score (nSPS) is 12.6. The van der Waals surface area contributed by atoms with Crippen LogP contribution in [-0.4, -0.2) is 7.11 Å². The van der Waals surface area contributed by atoms with Crippen LogP contribution in [-0.2, 0) is 17.8 Å². The van der Waals surface area contributed by atoms with Crippen molar-refractivity contribution in [2.24, 2.45) is 5.41 Å². The fourth-order valence-electron chi connectivity index (χ4n) is 3.69. The smallest absolute Gasteiger partial charge is 0.131 e. The predicted molar refractivity (Wildman–Crippen MR) is 121 cm³/mol. The topological polar surface area (TPSA) is 18.5 Å². The third-order valence-corrected chi connectivity index (χ3v) is 5.32. The molecule has 1 atom stereocenters. The Morgan fingerprint density at radius 1 is 0.867 bits per heavy atom. The van der Waals surface area contributed by atoms with Crippen LogP contribution in [0.25, 0.3) is 11.1 Å². The summed E-state index contributed by atoms with van der Waals surface area (Å²) < 4.78 is 26.7. The van der Waals surface area contributed by atoms with Gasteiger partial charge in [-0.2, -0.15) is 0 Å². The van der Waals surface area contributed by atoms with Crippen molar-refractivity contribution in [3.8, 4) is 16.9 Å². The van der Waals surface area contributed by atoms with Gasteiger partial charge in [-0.05, 0) is 52.3 Å². The highest BCUT2D eigenvalue weighted by Gasteiger charge is 2.30. The lowest BCUT2D eigenvalue weighted by Gasteiger charge is -2.33. The lowest BCUT2D eigenvalue weighted by atomic mass is 9.80. The van der Waals surface area contributed by atoms with Gasteiger partial charge in [-0.15, -0.1) is 0 Å². The van der Waals surface area contributed by atoms with Crippen LogP contribution in [0.1, 0.15) is 50.5 Å². The maximum atomic E-state index is 14.9. The molecular formula is C27H31FO2. The molecule has 2 nitrogen and oxygen atoms in total. The van der Waals surface area contributed by atoms with E-state index >= 15 is 0 Å². The number of halogens is 1. The molecule has 0 N–H and O–H groups in total. The minimum atomic E-state index is -0.267. The second-order valence-corrected chi connectivity index (χ2v) is 8.66. The molecule has 3 heteroatoms. The molecule has 0 fully saturated rings. The summed E-state index contributed by atoms with van der Waals surface area (Å²) in [6, 6.07) is 21.2. The van der Waals surface area contributed by atoms with Crippen molar-refractivity contribution in [3.63, 3.8) is 0 Å². The molecule has 1 unspecified atom stereocenters. The largest absolute Gasteiger partial charge is 0.497 e. The monoisotopic (exact) mass is 406 g/mol.